The molecule has 0 saturated heterocycles. The Kier molecular flexibility index (Phi) is 4.13. The third-order valence-corrected chi connectivity index (χ3v) is 2.80. The molecular formula is C14H13NO6. The lowest BCUT2D eigenvalue weighted by Gasteiger charge is -2.10. The molecule has 0 fully saturated rings. The summed E-state index contributed by atoms with van der Waals surface area (Å²) in [6.07, 6.45) is 1.14. The topological polar surface area (TPSA) is 109 Å². The van der Waals surface area contributed by atoms with Crippen molar-refractivity contribution in [1.82, 2.24) is 0 Å². The summed E-state index contributed by atoms with van der Waals surface area (Å²) in [5, 5.41) is 20.7. The van der Waals surface area contributed by atoms with Gasteiger partial charge in [0.2, 0.25) is 0 Å². The van der Waals surface area contributed by atoms with Crippen LogP contribution in [0.1, 0.15) is 26.5 Å². The first-order chi connectivity index (χ1) is 10.0. The fraction of sp³-hybridized carbons (Fsp3) is 0.143. The number of hydrogen-bond acceptors (Lipinski definition) is 5. The molecule has 1 aromatic carbocycles. The summed E-state index contributed by atoms with van der Waals surface area (Å²) in [5.41, 5.74) is 0.646. The zero-order chi connectivity index (χ0) is 15.4. The van der Waals surface area contributed by atoms with Crippen molar-refractivity contribution in [2.75, 3.05) is 12.4 Å². The molecule has 0 aliphatic rings. The Hall–Kier alpha value is -2.96. The smallest absolute Gasteiger partial charge is 0.338 e. The van der Waals surface area contributed by atoms with Crippen molar-refractivity contribution < 1.29 is 29.0 Å². The molecule has 7 nitrogen and oxygen atoms in total. The molecule has 2 rings (SSSR count). The molecule has 1 heterocycles. The summed E-state index contributed by atoms with van der Waals surface area (Å²) in [6, 6.07) is 5.80. The summed E-state index contributed by atoms with van der Waals surface area (Å²) in [7, 11) is 1.47. The fourth-order valence-corrected chi connectivity index (χ4v) is 1.75. The normalized spacial score (nSPS) is 10.1. The van der Waals surface area contributed by atoms with Crippen molar-refractivity contribution in [2.24, 2.45) is 0 Å². The van der Waals surface area contributed by atoms with E-state index < -0.39 is 11.9 Å². The van der Waals surface area contributed by atoms with Gasteiger partial charge in [0.05, 0.1) is 30.5 Å². The van der Waals surface area contributed by atoms with Crippen LogP contribution < -0.4 is 10.1 Å². The van der Waals surface area contributed by atoms with E-state index in [1.165, 1.54) is 31.4 Å². The molecule has 0 bridgehead atoms. The number of nitrogens with one attached hydrogen (secondary N) is 1. The van der Waals surface area contributed by atoms with E-state index in [0.29, 0.717) is 17.2 Å². The van der Waals surface area contributed by atoms with Crippen LogP contribution in [0.3, 0.4) is 0 Å². The second kappa shape index (κ2) is 6.00. The molecule has 2 aromatic rings. The van der Waals surface area contributed by atoms with Gasteiger partial charge in [-0.15, -0.1) is 0 Å². The van der Waals surface area contributed by atoms with Crippen LogP contribution in [-0.2, 0) is 6.54 Å². The maximum atomic E-state index is 11.0. The molecule has 0 radical (unpaired) electrons. The number of rotatable bonds is 6. The zero-order valence-corrected chi connectivity index (χ0v) is 11.1. The SMILES string of the molecule is COc1ccc(C(=O)O)cc1NCc1cc(C(=O)O)co1. The van der Waals surface area contributed by atoms with Gasteiger partial charge in [0.25, 0.3) is 0 Å². The van der Waals surface area contributed by atoms with Gasteiger partial charge in [0.1, 0.15) is 17.8 Å². The molecule has 21 heavy (non-hydrogen) atoms. The van der Waals surface area contributed by atoms with Crippen molar-refractivity contribution in [3.05, 3.63) is 47.4 Å². The van der Waals surface area contributed by atoms with Gasteiger partial charge in [-0.3, -0.25) is 0 Å². The first-order valence-electron chi connectivity index (χ1n) is 5.97. The highest BCUT2D eigenvalue weighted by molar-refractivity contribution is 5.89. The van der Waals surface area contributed by atoms with Crippen LogP contribution in [0.25, 0.3) is 0 Å². The van der Waals surface area contributed by atoms with E-state index in [9.17, 15) is 9.59 Å². The van der Waals surface area contributed by atoms with Gasteiger partial charge < -0.3 is 24.7 Å². The van der Waals surface area contributed by atoms with Crippen LogP contribution in [0.15, 0.2) is 34.9 Å². The van der Waals surface area contributed by atoms with Gasteiger partial charge in [0, 0.05) is 0 Å². The Bertz CT molecular complexity index is 676. The molecule has 110 valence electrons. The third-order valence-electron chi connectivity index (χ3n) is 2.80. The number of carbonyl (C=O) groups is 2. The number of aromatic carboxylic acids is 2. The number of carboxylic acids is 2. The molecule has 7 heteroatoms. The fourth-order valence-electron chi connectivity index (χ4n) is 1.75. The molecule has 3 N–H and O–H groups in total. The van der Waals surface area contributed by atoms with Crippen molar-refractivity contribution in [2.45, 2.75) is 6.54 Å². The molecule has 0 amide bonds. The number of anilines is 1. The van der Waals surface area contributed by atoms with Crippen LogP contribution in [0.4, 0.5) is 5.69 Å². The summed E-state index contributed by atoms with van der Waals surface area (Å²) in [5.74, 6) is -1.23. The minimum atomic E-state index is -1.07. The molecule has 1 aromatic heterocycles. The first kappa shape index (κ1) is 14.4. The van der Waals surface area contributed by atoms with Crippen LogP contribution in [0.2, 0.25) is 0 Å². The largest absolute Gasteiger partial charge is 0.495 e. The van der Waals surface area contributed by atoms with Crippen LogP contribution in [0.5, 0.6) is 5.75 Å². The van der Waals surface area contributed by atoms with E-state index in [0.717, 1.165) is 6.26 Å². The van der Waals surface area contributed by atoms with Crippen LogP contribution in [0, 0.1) is 0 Å². The van der Waals surface area contributed by atoms with Crippen molar-refractivity contribution in [1.29, 1.82) is 0 Å². The number of furan rings is 1. The number of benzene rings is 1. The van der Waals surface area contributed by atoms with Crippen LogP contribution >= 0.6 is 0 Å². The molecular weight excluding hydrogens is 278 g/mol. The average Bonchev–Trinajstić information content (AvgIpc) is 2.93. The van der Waals surface area contributed by atoms with Gasteiger partial charge in [0.15, 0.2) is 0 Å². The van der Waals surface area contributed by atoms with E-state index in [1.54, 1.807) is 0 Å². The standard InChI is InChI=1S/C14H13NO6/c1-20-12-3-2-8(13(16)17)5-11(12)15-6-10-4-9(7-21-10)14(18)19/h2-5,7,15H,6H2,1H3,(H,16,17)(H,18,19). The van der Waals surface area contributed by atoms with E-state index in [4.69, 9.17) is 19.4 Å². The summed E-state index contributed by atoms with van der Waals surface area (Å²) in [6.45, 7) is 0.201. The molecule has 0 atom stereocenters. The van der Waals surface area contributed by atoms with Gasteiger partial charge in [-0.05, 0) is 24.3 Å². The average molecular weight is 291 g/mol. The van der Waals surface area contributed by atoms with Gasteiger partial charge >= 0.3 is 11.9 Å². The molecule has 0 saturated carbocycles. The van der Waals surface area contributed by atoms with E-state index in [2.05, 4.69) is 5.32 Å². The number of methoxy groups -OCH3 is 1. The van der Waals surface area contributed by atoms with Gasteiger partial charge in [-0.1, -0.05) is 0 Å². The van der Waals surface area contributed by atoms with Crippen LogP contribution in [-0.4, -0.2) is 29.3 Å². The van der Waals surface area contributed by atoms with Gasteiger partial charge in [-0.25, -0.2) is 9.59 Å². The molecule has 0 spiro atoms. The van der Waals surface area contributed by atoms with Crippen molar-refractivity contribution >= 4 is 17.6 Å². The quantitative estimate of drug-likeness (QED) is 0.749. The molecule has 0 aliphatic heterocycles. The second-order valence-corrected chi connectivity index (χ2v) is 4.18. The Balaban J connectivity index is 2.15. The Morgan fingerprint density at radius 3 is 2.48 bits per heavy atom. The lowest BCUT2D eigenvalue weighted by atomic mass is 10.2. The zero-order valence-electron chi connectivity index (χ0n) is 11.1. The maximum Gasteiger partial charge on any atom is 0.338 e. The lowest BCUT2D eigenvalue weighted by molar-refractivity contribution is 0.0685. The first-order valence-corrected chi connectivity index (χ1v) is 5.97. The van der Waals surface area contributed by atoms with Crippen molar-refractivity contribution in [3.63, 3.8) is 0 Å². The Morgan fingerprint density at radius 1 is 1.19 bits per heavy atom. The minimum absolute atomic E-state index is 0.0538. The monoisotopic (exact) mass is 291 g/mol. The highest BCUT2D eigenvalue weighted by atomic mass is 16.5. The lowest BCUT2D eigenvalue weighted by Crippen LogP contribution is -2.03. The predicted octanol–water partition coefficient (Wildman–Crippen LogP) is 2.30. The van der Waals surface area contributed by atoms with Gasteiger partial charge in [-0.2, -0.15) is 0 Å². The van der Waals surface area contributed by atoms with E-state index in [1.807, 2.05) is 0 Å². The maximum absolute atomic E-state index is 11.0. The highest BCUT2D eigenvalue weighted by Crippen LogP contribution is 2.26. The number of carboxylic acid groups (broad SMARTS) is 2. The van der Waals surface area contributed by atoms with Crippen molar-refractivity contribution in [3.8, 4) is 5.75 Å². The molecule has 0 aliphatic carbocycles. The Labute approximate surface area is 119 Å². The number of hydrogen-bond donors (Lipinski definition) is 3. The highest BCUT2D eigenvalue weighted by Gasteiger charge is 2.11. The van der Waals surface area contributed by atoms with E-state index in [-0.39, 0.29) is 17.7 Å². The van der Waals surface area contributed by atoms with E-state index >= 15 is 0 Å². The summed E-state index contributed by atoms with van der Waals surface area (Å²) in [4.78, 5) is 21.7. The third kappa shape index (κ3) is 3.33. The minimum Gasteiger partial charge on any atom is -0.495 e. The number of ether oxygens (including phenoxy) is 1. The summed E-state index contributed by atoms with van der Waals surface area (Å²) < 4.78 is 10.2. The predicted molar refractivity (Wildman–Crippen MR) is 72.9 cm³/mol. The summed E-state index contributed by atoms with van der Waals surface area (Å²) >= 11 is 0. The molecule has 0 unspecified atom stereocenters. The Morgan fingerprint density at radius 2 is 1.90 bits per heavy atom. The second-order valence-electron chi connectivity index (χ2n) is 4.18.